The number of alkyl carbamates (subject to hydrolysis) is 2. The summed E-state index contributed by atoms with van der Waals surface area (Å²) in [6, 6.07) is 26.2. The predicted octanol–water partition coefficient (Wildman–Crippen LogP) is 5.35. The van der Waals surface area contributed by atoms with Gasteiger partial charge in [0.25, 0.3) is 0 Å². The average Bonchev–Trinajstić information content (AvgIpc) is 3.13. The van der Waals surface area contributed by atoms with Crippen molar-refractivity contribution in [1.82, 2.24) is 26.6 Å². The number of rotatable bonds is 21. The zero-order chi connectivity index (χ0) is 38.3. The normalized spacial score (nSPS) is 12.1. The van der Waals surface area contributed by atoms with Crippen molar-refractivity contribution in [1.29, 1.82) is 0 Å². The van der Waals surface area contributed by atoms with Crippen molar-refractivity contribution in [3.8, 4) is 0 Å². The maximum atomic E-state index is 13.8. The molecule has 53 heavy (non-hydrogen) atoms. The smallest absolute Gasteiger partial charge is 0.407 e. The first-order chi connectivity index (χ1) is 25.5. The fourth-order valence-electron chi connectivity index (χ4n) is 5.35. The Morgan fingerprint density at radius 3 is 1.62 bits per heavy atom. The lowest BCUT2D eigenvalue weighted by Gasteiger charge is -2.24. The van der Waals surface area contributed by atoms with E-state index in [9.17, 15) is 24.0 Å². The summed E-state index contributed by atoms with van der Waals surface area (Å²) in [5.41, 5.74) is 2.03. The highest BCUT2D eigenvalue weighted by Crippen LogP contribution is 2.10. The summed E-state index contributed by atoms with van der Waals surface area (Å²) in [7, 11) is 0. The first kappa shape index (κ1) is 42.0. The van der Waals surface area contributed by atoms with E-state index >= 15 is 0 Å². The Hall–Kier alpha value is -5.39. The second-order valence-corrected chi connectivity index (χ2v) is 13.8. The minimum Gasteiger partial charge on any atom is -0.445 e. The standard InChI is InChI=1S/C41H55N5O7/c1-41(2,3)53-40(51)43-25-17-6-4-5-16-24-36(47)45-35(29-32-20-12-8-13-21-32)38(49)46-34(28-31-18-10-7-11-19-31)37(48)42-26-27-44-39(50)52-30-33-22-14-9-15-23-33/h7-15,18-23,34-35H,4-6,16-17,24-30H2,1-3H3,(H,42,48)(H,43,51)(H,44,50)(H,45,47)(H,46,49)/t34-,35-/m0/s1. The van der Waals surface area contributed by atoms with Gasteiger partial charge in [-0.15, -0.1) is 0 Å². The molecule has 0 radical (unpaired) electrons. The molecule has 3 aromatic rings. The average molecular weight is 730 g/mol. The molecule has 286 valence electrons. The zero-order valence-electron chi connectivity index (χ0n) is 31.2. The van der Waals surface area contributed by atoms with E-state index in [0.717, 1.165) is 42.4 Å². The van der Waals surface area contributed by atoms with Crippen molar-refractivity contribution < 1.29 is 33.4 Å². The third-order valence-electron chi connectivity index (χ3n) is 8.01. The number of ether oxygens (including phenoxy) is 2. The van der Waals surface area contributed by atoms with Crippen molar-refractivity contribution in [2.75, 3.05) is 19.6 Å². The number of benzene rings is 3. The molecule has 0 fully saturated rings. The summed E-state index contributed by atoms with van der Waals surface area (Å²) >= 11 is 0. The van der Waals surface area contributed by atoms with Crippen LogP contribution in [0.4, 0.5) is 9.59 Å². The number of carbonyl (C=O) groups is 5. The molecule has 0 saturated carbocycles. The van der Waals surface area contributed by atoms with Crippen LogP contribution in [0.5, 0.6) is 0 Å². The zero-order valence-corrected chi connectivity index (χ0v) is 31.2. The van der Waals surface area contributed by atoms with Crippen LogP contribution >= 0.6 is 0 Å². The van der Waals surface area contributed by atoms with Gasteiger partial charge in [0.2, 0.25) is 17.7 Å². The molecule has 0 spiro atoms. The van der Waals surface area contributed by atoms with Gasteiger partial charge in [0.05, 0.1) is 0 Å². The van der Waals surface area contributed by atoms with Gasteiger partial charge in [0.1, 0.15) is 24.3 Å². The van der Waals surface area contributed by atoms with Crippen LogP contribution in [0.3, 0.4) is 0 Å². The van der Waals surface area contributed by atoms with E-state index in [-0.39, 0.29) is 44.9 Å². The summed E-state index contributed by atoms with van der Waals surface area (Å²) in [6.45, 7) is 6.35. The molecule has 3 aromatic carbocycles. The van der Waals surface area contributed by atoms with Crippen LogP contribution in [0, 0.1) is 0 Å². The van der Waals surface area contributed by atoms with Gasteiger partial charge in [-0.25, -0.2) is 9.59 Å². The van der Waals surface area contributed by atoms with E-state index in [0.29, 0.717) is 13.0 Å². The lowest BCUT2D eigenvalue weighted by atomic mass is 10.0. The second-order valence-electron chi connectivity index (χ2n) is 13.8. The molecule has 12 nitrogen and oxygen atoms in total. The summed E-state index contributed by atoms with van der Waals surface area (Å²) in [5.74, 6) is -1.15. The van der Waals surface area contributed by atoms with Gasteiger partial charge in [-0.05, 0) is 50.3 Å². The summed E-state index contributed by atoms with van der Waals surface area (Å²) in [4.78, 5) is 64.2. The van der Waals surface area contributed by atoms with E-state index in [1.165, 1.54) is 0 Å². The number of amides is 5. The minimum absolute atomic E-state index is 0.116. The summed E-state index contributed by atoms with van der Waals surface area (Å²) < 4.78 is 10.5. The van der Waals surface area contributed by atoms with Crippen molar-refractivity contribution in [3.63, 3.8) is 0 Å². The van der Waals surface area contributed by atoms with Gasteiger partial charge >= 0.3 is 12.2 Å². The number of carbonyl (C=O) groups excluding carboxylic acids is 5. The number of hydrogen-bond donors (Lipinski definition) is 5. The fourth-order valence-corrected chi connectivity index (χ4v) is 5.35. The molecule has 0 aliphatic carbocycles. The molecule has 0 unspecified atom stereocenters. The first-order valence-electron chi connectivity index (χ1n) is 18.3. The quantitative estimate of drug-likeness (QED) is 0.0924. The number of unbranched alkanes of at least 4 members (excludes halogenated alkanes) is 4. The highest BCUT2D eigenvalue weighted by Gasteiger charge is 2.27. The van der Waals surface area contributed by atoms with Crippen LogP contribution in [0.25, 0.3) is 0 Å². The Kier molecular flexibility index (Phi) is 18.4. The predicted molar refractivity (Wildman–Crippen MR) is 204 cm³/mol. The molecule has 0 aliphatic rings. The van der Waals surface area contributed by atoms with Crippen LogP contribution in [0.1, 0.15) is 76.0 Å². The van der Waals surface area contributed by atoms with Crippen molar-refractivity contribution in [2.24, 2.45) is 0 Å². The van der Waals surface area contributed by atoms with Gasteiger partial charge in [0, 0.05) is 38.9 Å². The molecule has 5 amide bonds. The maximum Gasteiger partial charge on any atom is 0.407 e. The molecule has 3 rings (SSSR count). The van der Waals surface area contributed by atoms with Gasteiger partial charge in [0.15, 0.2) is 0 Å². The Morgan fingerprint density at radius 2 is 1.04 bits per heavy atom. The number of hydrogen-bond acceptors (Lipinski definition) is 7. The lowest BCUT2D eigenvalue weighted by molar-refractivity contribution is -0.132. The molecule has 2 atom stereocenters. The van der Waals surface area contributed by atoms with Crippen LogP contribution < -0.4 is 26.6 Å². The van der Waals surface area contributed by atoms with Gasteiger partial charge < -0.3 is 36.1 Å². The second kappa shape index (κ2) is 23.2. The fraction of sp³-hybridized carbons (Fsp3) is 0.439. The van der Waals surface area contributed by atoms with Gasteiger partial charge in [-0.3, -0.25) is 14.4 Å². The maximum absolute atomic E-state index is 13.8. The van der Waals surface area contributed by atoms with Crippen LogP contribution in [-0.2, 0) is 43.3 Å². The lowest BCUT2D eigenvalue weighted by Crippen LogP contribution is -2.55. The Labute approximate surface area is 313 Å². The van der Waals surface area contributed by atoms with E-state index in [1.54, 1.807) is 0 Å². The Morgan fingerprint density at radius 1 is 0.547 bits per heavy atom. The summed E-state index contributed by atoms with van der Waals surface area (Å²) in [6.07, 6.45) is 3.77. The highest BCUT2D eigenvalue weighted by atomic mass is 16.6. The van der Waals surface area contributed by atoms with Crippen molar-refractivity contribution in [2.45, 2.75) is 96.4 Å². The third kappa shape index (κ3) is 18.6. The van der Waals surface area contributed by atoms with Gasteiger partial charge in [-0.1, -0.05) is 110 Å². The first-order valence-corrected chi connectivity index (χ1v) is 18.3. The molecule has 0 aliphatic heterocycles. The van der Waals surface area contributed by atoms with E-state index in [2.05, 4.69) is 26.6 Å². The minimum atomic E-state index is -0.935. The van der Waals surface area contributed by atoms with Crippen LogP contribution in [0.15, 0.2) is 91.0 Å². The van der Waals surface area contributed by atoms with Crippen LogP contribution in [-0.4, -0.2) is 67.2 Å². The highest BCUT2D eigenvalue weighted by molar-refractivity contribution is 5.92. The molecule has 0 aromatic heterocycles. The molecular formula is C41H55N5O7. The topological polar surface area (TPSA) is 164 Å². The van der Waals surface area contributed by atoms with Crippen LogP contribution in [0.2, 0.25) is 0 Å². The molecule has 0 bridgehead atoms. The van der Waals surface area contributed by atoms with Gasteiger partial charge in [-0.2, -0.15) is 0 Å². The van der Waals surface area contributed by atoms with Crippen molar-refractivity contribution >= 4 is 29.9 Å². The molecule has 0 heterocycles. The summed E-state index contributed by atoms with van der Waals surface area (Å²) in [5, 5.41) is 13.9. The van der Waals surface area contributed by atoms with E-state index in [1.807, 2.05) is 112 Å². The van der Waals surface area contributed by atoms with E-state index < -0.39 is 41.7 Å². The Bertz CT molecular complexity index is 1550. The third-order valence-corrected chi connectivity index (χ3v) is 8.01. The van der Waals surface area contributed by atoms with Crippen molar-refractivity contribution in [3.05, 3.63) is 108 Å². The molecular weight excluding hydrogens is 674 g/mol. The van der Waals surface area contributed by atoms with E-state index in [4.69, 9.17) is 9.47 Å². The largest absolute Gasteiger partial charge is 0.445 e. The monoisotopic (exact) mass is 729 g/mol. The Balaban J connectivity index is 1.50. The molecule has 5 N–H and O–H groups in total. The molecule has 12 heteroatoms. The number of nitrogens with one attached hydrogen (secondary N) is 5. The molecule has 0 saturated heterocycles. The SMILES string of the molecule is CC(C)(C)OC(=O)NCCCCCCCC(=O)N[C@@H](Cc1ccccc1)C(=O)N[C@@H](Cc1ccccc1)C(=O)NCCNC(=O)OCc1ccccc1.